The molecule has 0 saturated carbocycles. The van der Waals surface area contributed by atoms with E-state index in [0.29, 0.717) is 6.41 Å². The predicted molar refractivity (Wildman–Crippen MR) is 40.8 cm³/mol. The van der Waals surface area contributed by atoms with Crippen LogP contribution in [0.3, 0.4) is 0 Å². The van der Waals surface area contributed by atoms with Crippen molar-refractivity contribution in [2.75, 3.05) is 13.1 Å². The van der Waals surface area contributed by atoms with Gasteiger partial charge in [-0.2, -0.15) is 0 Å². The zero-order chi connectivity index (χ0) is 7.66. The first-order valence-electron chi connectivity index (χ1n) is 3.29. The van der Waals surface area contributed by atoms with Gasteiger partial charge in [0.1, 0.15) is 0 Å². The van der Waals surface area contributed by atoms with Gasteiger partial charge in [-0.1, -0.05) is 0 Å². The Hall–Kier alpha value is -1.06. The predicted octanol–water partition coefficient (Wildman–Crippen LogP) is -0.500. The van der Waals surface area contributed by atoms with Crippen molar-refractivity contribution in [3.05, 3.63) is 0 Å². The summed E-state index contributed by atoms with van der Waals surface area (Å²) >= 11 is 0. The monoisotopic (exact) mass is 143 g/mol. The van der Waals surface area contributed by atoms with E-state index in [1.807, 2.05) is 0 Å². The Morgan fingerprint density at radius 1 is 1.50 bits per heavy atom. The highest BCUT2D eigenvalue weighted by Gasteiger charge is 1.83. The van der Waals surface area contributed by atoms with Crippen molar-refractivity contribution in [2.45, 2.75) is 12.8 Å². The number of aliphatic imine (C=N–C) groups is 1. The molecule has 0 saturated heterocycles. The SMILES string of the molecule is NC=NCCCCNC=O. The lowest BCUT2D eigenvalue weighted by molar-refractivity contribution is -0.109. The molecule has 0 spiro atoms. The van der Waals surface area contributed by atoms with Crippen LogP contribution in [0.15, 0.2) is 4.99 Å². The summed E-state index contributed by atoms with van der Waals surface area (Å²) in [5, 5.41) is 2.56. The number of unbranched alkanes of at least 4 members (excludes halogenated alkanes) is 1. The zero-order valence-electron chi connectivity index (χ0n) is 5.92. The third kappa shape index (κ3) is 6.94. The third-order valence-corrected chi connectivity index (χ3v) is 1.05. The maximum Gasteiger partial charge on any atom is 0.207 e. The van der Waals surface area contributed by atoms with Crippen molar-refractivity contribution in [2.24, 2.45) is 10.7 Å². The van der Waals surface area contributed by atoms with Crippen LogP contribution in [0.25, 0.3) is 0 Å². The lowest BCUT2D eigenvalue weighted by Crippen LogP contribution is -2.12. The number of nitrogens with one attached hydrogen (secondary N) is 1. The van der Waals surface area contributed by atoms with Gasteiger partial charge in [-0.25, -0.2) is 0 Å². The highest BCUT2D eigenvalue weighted by Crippen LogP contribution is 1.85. The number of carbonyl (C=O) groups is 1. The van der Waals surface area contributed by atoms with Gasteiger partial charge in [-0.3, -0.25) is 9.79 Å². The van der Waals surface area contributed by atoms with Crippen LogP contribution >= 0.6 is 0 Å². The highest BCUT2D eigenvalue weighted by molar-refractivity contribution is 5.50. The van der Waals surface area contributed by atoms with Crippen molar-refractivity contribution in [3.63, 3.8) is 0 Å². The van der Waals surface area contributed by atoms with E-state index in [1.165, 1.54) is 6.34 Å². The summed E-state index contributed by atoms with van der Waals surface area (Å²) in [6.45, 7) is 1.47. The molecule has 4 nitrogen and oxygen atoms in total. The van der Waals surface area contributed by atoms with Gasteiger partial charge in [0.15, 0.2) is 0 Å². The summed E-state index contributed by atoms with van der Waals surface area (Å²) in [5.74, 6) is 0. The first kappa shape index (κ1) is 8.94. The molecular weight excluding hydrogens is 130 g/mol. The molecule has 58 valence electrons. The Morgan fingerprint density at radius 2 is 2.30 bits per heavy atom. The lowest BCUT2D eigenvalue weighted by Gasteiger charge is -1.94. The molecule has 0 aromatic rings. The van der Waals surface area contributed by atoms with Crippen molar-refractivity contribution < 1.29 is 4.79 Å². The van der Waals surface area contributed by atoms with E-state index in [4.69, 9.17) is 5.73 Å². The summed E-state index contributed by atoms with van der Waals surface area (Å²) < 4.78 is 0. The molecule has 0 unspecified atom stereocenters. The first-order valence-corrected chi connectivity index (χ1v) is 3.29. The van der Waals surface area contributed by atoms with Gasteiger partial charge in [0.05, 0.1) is 6.34 Å². The average molecular weight is 143 g/mol. The number of nitrogens with zero attached hydrogens (tertiary/aromatic N) is 1. The topological polar surface area (TPSA) is 67.5 Å². The number of amides is 1. The maximum absolute atomic E-state index is 9.73. The third-order valence-electron chi connectivity index (χ3n) is 1.05. The summed E-state index contributed by atoms with van der Waals surface area (Å²) in [5.41, 5.74) is 5.01. The van der Waals surface area contributed by atoms with Crippen LogP contribution in [0.1, 0.15) is 12.8 Å². The number of hydrogen-bond acceptors (Lipinski definition) is 2. The molecule has 0 aromatic heterocycles. The van der Waals surface area contributed by atoms with Crippen molar-refractivity contribution in [1.29, 1.82) is 0 Å². The van der Waals surface area contributed by atoms with E-state index >= 15 is 0 Å². The number of hydrogen-bond donors (Lipinski definition) is 2. The van der Waals surface area contributed by atoms with Crippen LogP contribution in [0.4, 0.5) is 0 Å². The molecule has 0 rings (SSSR count). The summed E-state index contributed by atoms with van der Waals surface area (Å²) in [7, 11) is 0. The zero-order valence-corrected chi connectivity index (χ0v) is 5.92. The molecule has 1 amide bonds. The average Bonchev–Trinajstić information content (AvgIpc) is 1.97. The standard InChI is InChI=1S/C6H13N3O/c7-5-8-3-1-2-4-9-6-10/h5-6H,1-4H2,(H2,7,8)(H,9,10). The second kappa shape index (κ2) is 7.94. The number of carbonyl (C=O) groups excluding carboxylic acids is 1. The molecule has 0 heterocycles. The highest BCUT2D eigenvalue weighted by atomic mass is 16.1. The molecule has 10 heavy (non-hydrogen) atoms. The van der Waals surface area contributed by atoms with E-state index in [1.54, 1.807) is 0 Å². The fourth-order valence-electron chi connectivity index (χ4n) is 0.564. The molecule has 0 fully saturated rings. The van der Waals surface area contributed by atoms with Gasteiger partial charge in [0.25, 0.3) is 0 Å². The van der Waals surface area contributed by atoms with E-state index in [2.05, 4.69) is 10.3 Å². The second-order valence-corrected chi connectivity index (χ2v) is 1.83. The van der Waals surface area contributed by atoms with Crippen LogP contribution in [0.2, 0.25) is 0 Å². The minimum atomic E-state index is 0.701. The molecule has 0 radical (unpaired) electrons. The van der Waals surface area contributed by atoms with Gasteiger partial charge in [0.2, 0.25) is 6.41 Å². The maximum atomic E-state index is 9.73. The Bertz CT molecular complexity index is 103. The number of nitrogens with two attached hydrogens (primary N) is 1. The Labute approximate surface area is 60.5 Å². The minimum Gasteiger partial charge on any atom is -0.390 e. The number of rotatable bonds is 6. The van der Waals surface area contributed by atoms with Crippen LogP contribution in [-0.4, -0.2) is 25.8 Å². The second-order valence-electron chi connectivity index (χ2n) is 1.83. The summed E-state index contributed by atoms with van der Waals surface area (Å²) in [6.07, 6.45) is 3.92. The van der Waals surface area contributed by atoms with Gasteiger partial charge in [-0.15, -0.1) is 0 Å². The van der Waals surface area contributed by atoms with Gasteiger partial charge < -0.3 is 11.1 Å². The molecule has 0 aliphatic rings. The van der Waals surface area contributed by atoms with Crippen molar-refractivity contribution >= 4 is 12.7 Å². The van der Waals surface area contributed by atoms with Crippen LogP contribution in [0, 0.1) is 0 Å². The van der Waals surface area contributed by atoms with E-state index < -0.39 is 0 Å². The van der Waals surface area contributed by atoms with Crippen LogP contribution < -0.4 is 11.1 Å². The summed E-state index contributed by atoms with van der Waals surface area (Å²) in [6, 6.07) is 0. The smallest absolute Gasteiger partial charge is 0.207 e. The van der Waals surface area contributed by atoms with Gasteiger partial charge in [0, 0.05) is 13.1 Å². The van der Waals surface area contributed by atoms with Gasteiger partial charge in [-0.05, 0) is 12.8 Å². The van der Waals surface area contributed by atoms with Gasteiger partial charge >= 0.3 is 0 Å². The molecule has 4 heteroatoms. The minimum absolute atomic E-state index is 0.701. The lowest BCUT2D eigenvalue weighted by atomic mass is 10.3. The molecule has 0 aliphatic heterocycles. The fourth-order valence-corrected chi connectivity index (χ4v) is 0.564. The van der Waals surface area contributed by atoms with E-state index in [0.717, 1.165) is 25.9 Å². The fraction of sp³-hybridized carbons (Fsp3) is 0.667. The first-order chi connectivity index (χ1) is 4.91. The molecule has 3 N–H and O–H groups in total. The molecular formula is C6H13N3O. The molecule has 0 atom stereocenters. The summed E-state index contributed by atoms with van der Waals surface area (Å²) in [4.78, 5) is 13.5. The normalized spacial score (nSPS) is 10.0. The molecule has 0 aromatic carbocycles. The van der Waals surface area contributed by atoms with Crippen LogP contribution in [-0.2, 0) is 4.79 Å². The largest absolute Gasteiger partial charge is 0.390 e. The molecule has 0 bridgehead atoms. The van der Waals surface area contributed by atoms with Crippen molar-refractivity contribution in [3.8, 4) is 0 Å². The Kier molecular flexibility index (Phi) is 7.10. The Balaban J connectivity index is 2.83. The van der Waals surface area contributed by atoms with Crippen LogP contribution in [0.5, 0.6) is 0 Å². The van der Waals surface area contributed by atoms with Crippen molar-refractivity contribution in [1.82, 2.24) is 5.32 Å². The van der Waals surface area contributed by atoms with E-state index in [-0.39, 0.29) is 0 Å². The Morgan fingerprint density at radius 3 is 2.90 bits per heavy atom. The quantitative estimate of drug-likeness (QED) is 0.228. The van der Waals surface area contributed by atoms with E-state index in [9.17, 15) is 4.79 Å². The molecule has 0 aliphatic carbocycles.